The highest BCUT2D eigenvalue weighted by molar-refractivity contribution is 5.70. The summed E-state index contributed by atoms with van der Waals surface area (Å²) >= 11 is 0. The van der Waals surface area contributed by atoms with Crippen molar-refractivity contribution in [2.24, 2.45) is 5.92 Å². The summed E-state index contributed by atoms with van der Waals surface area (Å²) in [5, 5.41) is 9.06. The fraction of sp³-hybridized carbons (Fsp3) is 0.393. The minimum Gasteiger partial charge on any atom is -0.481 e. The van der Waals surface area contributed by atoms with Gasteiger partial charge in [0, 0.05) is 12.3 Å². The van der Waals surface area contributed by atoms with E-state index in [1.807, 2.05) is 0 Å². The van der Waals surface area contributed by atoms with Crippen molar-refractivity contribution in [3.05, 3.63) is 88.5 Å². The molecule has 0 heterocycles. The molecule has 0 amide bonds. The maximum Gasteiger partial charge on any atom is 0.303 e. The third kappa shape index (κ3) is 4.75. The van der Waals surface area contributed by atoms with E-state index in [1.165, 1.54) is 42.4 Å². The fourth-order valence-corrected chi connectivity index (χ4v) is 5.18. The zero-order valence-corrected chi connectivity index (χ0v) is 17.9. The zero-order chi connectivity index (χ0) is 20.9. The molecule has 156 valence electrons. The largest absolute Gasteiger partial charge is 0.481 e. The highest BCUT2D eigenvalue weighted by Gasteiger charge is 2.28. The van der Waals surface area contributed by atoms with E-state index in [0.29, 0.717) is 12.3 Å². The first-order chi connectivity index (χ1) is 14.6. The molecule has 2 aromatic rings. The van der Waals surface area contributed by atoms with Crippen LogP contribution in [0.15, 0.2) is 71.8 Å². The van der Waals surface area contributed by atoms with E-state index in [9.17, 15) is 4.79 Å². The molecular formula is C28H32O2. The molecule has 2 unspecified atom stereocenters. The van der Waals surface area contributed by atoms with E-state index in [4.69, 9.17) is 5.11 Å². The van der Waals surface area contributed by atoms with Gasteiger partial charge in [0.1, 0.15) is 0 Å². The van der Waals surface area contributed by atoms with E-state index in [-0.39, 0.29) is 6.42 Å². The van der Waals surface area contributed by atoms with Crippen LogP contribution < -0.4 is 0 Å². The van der Waals surface area contributed by atoms with E-state index in [2.05, 4.69) is 67.6 Å². The Morgan fingerprint density at radius 3 is 2.63 bits per heavy atom. The molecule has 2 aromatic carbocycles. The molecule has 30 heavy (non-hydrogen) atoms. The van der Waals surface area contributed by atoms with Crippen LogP contribution in [0.3, 0.4) is 0 Å². The van der Waals surface area contributed by atoms with E-state index < -0.39 is 5.97 Å². The molecular weight excluding hydrogens is 368 g/mol. The minimum atomic E-state index is -0.727. The monoisotopic (exact) mass is 400 g/mol. The number of aliphatic carboxylic acids is 1. The summed E-state index contributed by atoms with van der Waals surface area (Å²) in [6.45, 7) is 2.32. The van der Waals surface area contributed by atoms with Gasteiger partial charge in [-0.25, -0.2) is 0 Å². The van der Waals surface area contributed by atoms with Gasteiger partial charge < -0.3 is 5.11 Å². The Morgan fingerprint density at radius 1 is 1.03 bits per heavy atom. The third-order valence-corrected chi connectivity index (χ3v) is 6.92. The molecule has 0 aliphatic heterocycles. The normalized spacial score (nSPS) is 21.6. The Labute approximate surface area is 180 Å². The predicted octanol–water partition coefficient (Wildman–Crippen LogP) is 7.17. The second-order valence-electron chi connectivity index (χ2n) is 8.83. The summed E-state index contributed by atoms with van der Waals surface area (Å²) < 4.78 is 0. The minimum absolute atomic E-state index is 0.194. The molecule has 0 fully saturated rings. The Kier molecular flexibility index (Phi) is 6.52. The Hall–Kier alpha value is -2.61. The summed E-state index contributed by atoms with van der Waals surface area (Å²) in [6.07, 6.45) is 10.4. The highest BCUT2D eigenvalue weighted by Crippen LogP contribution is 2.45. The maximum absolute atomic E-state index is 11.0. The molecule has 2 aliphatic rings. The van der Waals surface area contributed by atoms with E-state index in [1.54, 1.807) is 11.1 Å². The van der Waals surface area contributed by atoms with Crippen molar-refractivity contribution in [3.63, 3.8) is 0 Å². The number of allylic oxidation sites excluding steroid dienone is 4. The zero-order valence-electron chi connectivity index (χ0n) is 17.9. The molecule has 2 heteroatoms. The van der Waals surface area contributed by atoms with Crippen LogP contribution in [0.4, 0.5) is 0 Å². The standard InChI is InChI=1S/C28H32O2/c1-2-20-11-14-27-25(17-20)19-23(22-8-4-3-5-9-22)13-15-26(27)24-10-6-7-21(18-24)12-16-28(29)30/h3-10,18-20,26H,2,11-17H2,1H3,(H,29,30). The maximum atomic E-state index is 11.0. The van der Waals surface area contributed by atoms with Gasteiger partial charge in [-0.3, -0.25) is 4.79 Å². The van der Waals surface area contributed by atoms with Crippen molar-refractivity contribution in [2.45, 2.75) is 64.2 Å². The number of carboxylic acids is 1. The van der Waals surface area contributed by atoms with Gasteiger partial charge in [-0.1, -0.05) is 79.6 Å². The summed E-state index contributed by atoms with van der Waals surface area (Å²) in [4.78, 5) is 11.0. The molecule has 0 saturated carbocycles. The Balaban J connectivity index is 1.67. The summed E-state index contributed by atoms with van der Waals surface area (Å²) in [5.41, 5.74) is 8.50. The quantitative estimate of drug-likeness (QED) is 0.558. The van der Waals surface area contributed by atoms with Gasteiger partial charge in [0.15, 0.2) is 0 Å². The van der Waals surface area contributed by atoms with Crippen molar-refractivity contribution in [2.75, 3.05) is 0 Å². The molecule has 0 spiro atoms. The van der Waals surface area contributed by atoms with E-state index >= 15 is 0 Å². The molecule has 4 rings (SSSR count). The van der Waals surface area contributed by atoms with Crippen molar-refractivity contribution >= 4 is 11.5 Å². The molecule has 2 aliphatic carbocycles. The number of hydrogen-bond acceptors (Lipinski definition) is 1. The molecule has 0 aromatic heterocycles. The van der Waals surface area contributed by atoms with Gasteiger partial charge in [0.05, 0.1) is 0 Å². The number of hydrogen-bond donors (Lipinski definition) is 1. The Morgan fingerprint density at radius 2 is 1.87 bits per heavy atom. The highest BCUT2D eigenvalue weighted by atomic mass is 16.4. The smallest absolute Gasteiger partial charge is 0.303 e. The van der Waals surface area contributed by atoms with Gasteiger partial charge in [-0.15, -0.1) is 0 Å². The number of aryl methyl sites for hydroxylation is 1. The summed E-state index contributed by atoms with van der Waals surface area (Å²) in [7, 11) is 0. The topological polar surface area (TPSA) is 37.3 Å². The van der Waals surface area contributed by atoms with Crippen molar-refractivity contribution in [1.82, 2.24) is 0 Å². The molecule has 0 bridgehead atoms. The first-order valence-electron chi connectivity index (χ1n) is 11.4. The summed E-state index contributed by atoms with van der Waals surface area (Å²) in [5.74, 6) is 0.507. The molecule has 0 radical (unpaired) electrons. The molecule has 2 atom stereocenters. The molecule has 1 N–H and O–H groups in total. The van der Waals surface area contributed by atoms with Gasteiger partial charge in [0.2, 0.25) is 0 Å². The van der Waals surface area contributed by atoms with Gasteiger partial charge in [-0.05, 0) is 72.3 Å². The number of rotatable bonds is 6. The van der Waals surface area contributed by atoms with Gasteiger partial charge in [0.25, 0.3) is 0 Å². The lowest BCUT2D eigenvalue weighted by atomic mass is 9.75. The fourth-order valence-electron chi connectivity index (χ4n) is 5.18. The predicted molar refractivity (Wildman–Crippen MR) is 123 cm³/mol. The number of benzene rings is 2. The lowest BCUT2D eigenvalue weighted by Crippen LogP contribution is -2.13. The Bertz CT molecular complexity index is 952. The third-order valence-electron chi connectivity index (χ3n) is 6.92. The van der Waals surface area contributed by atoms with Crippen LogP contribution in [0.25, 0.3) is 5.57 Å². The van der Waals surface area contributed by atoms with E-state index in [0.717, 1.165) is 24.3 Å². The van der Waals surface area contributed by atoms with Crippen LogP contribution in [0.5, 0.6) is 0 Å². The first-order valence-corrected chi connectivity index (χ1v) is 11.4. The van der Waals surface area contributed by atoms with Gasteiger partial charge >= 0.3 is 5.97 Å². The van der Waals surface area contributed by atoms with Gasteiger partial charge in [-0.2, -0.15) is 0 Å². The SMILES string of the molecule is CCC1CCC2=C(C=C(c3ccccc3)CCC2c2cccc(CCC(=O)O)c2)C1. The second kappa shape index (κ2) is 9.47. The number of carboxylic acid groups (broad SMARTS) is 1. The van der Waals surface area contributed by atoms with Crippen LogP contribution in [0, 0.1) is 5.92 Å². The van der Waals surface area contributed by atoms with Crippen LogP contribution in [-0.2, 0) is 11.2 Å². The van der Waals surface area contributed by atoms with Crippen LogP contribution in [-0.4, -0.2) is 11.1 Å². The summed E-state index contributed by atoms with van der Waals surface area (Å²) in [6, 6.07) is 19.5. The molecule has 2 nitrogen and oxygen atoms in total. The van der Waals surface area contributed by atoms with Crippen LogP contribution in [0.1, 0.15) is 74.5 Å². The average Bonchev–Trinajstić information content (AvgIpc) is 2.97. The van der Waals surface area contributed by atoms with Crippen molar-refractivity contribution in [3.8, 4) is 0 Å². The first kappa shape index (κ1) is 20.7. The molecule has 0 saturated heterocycles. The van der Waals surface area contributed by atoms with Crippen LogP contribution in [0.2, 0.25) is 0 Å². The second-order valence-corrected chi connectivity index (χ2v) is 8.83. The van der Waals surface area contributed by atoms with Crippen molar-refractivity contribution < 1.29 is 9.90 Å². The lowest BCUT2D eigenvalue weighted by Gasteiger charge is -2.30. The lowest BCUT2D eigenvalue weighted by molar-refractivity contribution is -0.136. The number of carbonyl (C=O) groups is 1. The van der Waals surface area contributed by atoms with Crippen molar-refractivity contribution in [1.29, 1.82) is 0 Å². The average molecular weight is 401 g/mol. The van der Waals surface area contributed by atoms with Crippen LogP contribution >= 0.6 is 0 Å².